The first-order chi connectivity index (χ1) is 15.2. The van der Waals surface area contributed by atoms with Gasteiger partial charge in [0.1, 0.15) is 5.60 Å². The van der Waals surface area contributed by atoms with Gasteiger partial charge in [0, 0.05) is 36.8 Å². The molecule has 2 aromatic carbocycles. The van der Waals surface area contributed by atoms with E-state index in [1.165, 1.54) is 0 Å². The molecule has 3 rings (SSSR count). The minimum atomic E-state index is -0.602. The van der Waals surface area contributed by atoms with Crippen molar-refractivity contribution in [3.05, 3.63) is 65.7 Å². The molecule has 32 heavy (non-hydrogen) atoms. The SMILES string of the molecule is CC(C)(C)OC(=O)Nc1cccc(C(=O)N2CCC(C(=O)NCc3ccccc3)CC2)c1. The van der Waals surface area contributed by atoms with Crippen molar-refractivity contribution in [1.29, 1.82) is 0 Å². The summed E-state index contributed by atoms with van der Waals surface area (Å²) in [6, 6.07) is 16.6. The Morgan fingerprint density at radius 3 is 2.34 bits per heavy atom. The van der Waals surface area contributed by atoms with E-state index in [-0.39, 0.29) is 17.7 Å². The Bertz CT molecular complexity index is 945. The molecule has 0 aliphatic carbocycles. The summed E-state index contributed by atoms with van der Waals surface area (Å²) in [5, 5.41) is 5.65. The lowest BCUT2D eigenvalue weighted by Crippen LogP contribution is -2.42. The summed E-state index contributed by atoms with van der Waals surface area (Å²) in [6.07, 6.45) is 0.689. The molecule has 7 heteroatoms. The van der Waals surface area contributed by atoms with Gasteiger partial charge in [0.15, 0.2) is 0 Å². The molecule has 1 aliphatic heterocycles. The van der Waals surface area contributed by atoms with E-state index in [9.17, 15) is 14.4 Å². The summed E-state index contributed by atoms with van der Waals surface area (Å²) in [5.74, 6) is -0.173. The predicted molar refractivity (Wildman–Crippen MR) is 123 cm³/mol. The van der Waals surface area contributed by atoms with Gasteiger partial charge in [0.2, 0.25) is 5.91 Å². The number of ether oxygens (including phenoxy) is 1. The van der Waals surface area contributed by atoms with E-state index in [1.54, 1.807) is 49.9 Å². The average molecular weight is 438 g/mol. The molecule has 0 unspecified atom stereocenters. The molecule has 3 amide bonds. The summed E-state index contributed by atoms with van der Waals surface area (Å²) < 4.78 is 5.26. The minimum Gasteiger partial charge on any atom is -0.444 e. The Balaban J connectivity index is 1.50. The first kappa shape index (κ1) is 23.3. The maximum absolute atomic E-state index is 12.9. The zero-order valence-corrected chi connectivity index (χ0v) is 18.9. The number of hydrogen-bond acceptors (Lipinski definition) is 4. The third-order valence-corrected chi connectivity index (χ3v) is 5.22. The van der Waals surface area contributed by atoms with Gasteiger partial charge in [-0.3, -0.25) is 14.9 Å². The number of carbonyl (C=O) groups is 3. The number of piperidine rings is 1. The molecule has 0 radical (unpaired) electrons. The van der Waals surface area contributed by atoms with Gasteiger partial charge in [-0.05, 0) is 57.4 Å². The van der Waals surface area contributed by atoms with Gasteiger partial charge in [-0.25, -0.2) is 4.79 Å². The van der Waals surface area contributed by atoms with E-state index in [4.69, 9.17) is 4.74 Å². The summed E-state index contributed by atoms with van der Waals surface area (Å²) in [6.45, 7) is 6.92. The van der Waals surface area contributed by atoms with Crippen LogP contribution in [0.4, 0.5) is 10.5 Å². The van der Waals surface area contributed by atoms with Crippen molar-refractivity contribution >= 4 is 23.6 Å². The molecular formula is C25H31N3O4. The Hall–Kier alpha value is -3.35. The molecule has 170 valence electrons. The molecule has 1 heterocycles. The smallest absolute Gasteiger partial charge is 0.412 e. The highest BCUT2D eigenvalue weighted by Crippen LogP contribution is 2.21. The molecule has 2 N–H and O–H groups in total. The number of nitrogens with zero attached hydrogens (tertiary/aromatic N) is 1. The third-order valence-electron chi connectivity index (χ3n) is 5.22. The largest absolute Gasteiger partial charge is 0.444 e. The lowest BCUT2D eigenvalue weighted by molar-refractivity contribution is -0.126. The number of carbonyl (C=O) groups excluding carboxylic acids is 3. The van der Waals surface area contributed by atoms with Crippen LogP contribution in [0.15, 0.2) is 54.6 Å². The second-order valence-corrected chi connectivity index (χ2v) is 8.98. The van der Waals surface area contributed by atoms with Crippen molar-refractivity contribution in [2.24, 2.45) is 5.92 Å². The highest BCUT2D eigenvalue weighted by atomic mass is 16.6. The first-order valence-electron chi connectivity index (χ1n) is 10.9. The van der Waals surface area contributed by atoms with Crippen molar-refractivity contribution in [3.63, 3.8) is 0 Å². The Morgan fingerprint density at radius 1 is 1.00 bits per heavy atom. The zero-order chi connectivity index (χ0) is 23.1. The summed E-state index contributed by atoms with van der Waals surface area (Å²) >= 11 is 0. The van der Waals surface area contributed by atoms with Gasteiger partial charge < -0.3 is 15.0 Å². The number of rotatable bonds is 5. The zero-order valence-electron chi connectivity index (χ0n) is 18.9. The molecule has 0 saturated carbocycles. The number of hydrogen-bond donors (Lipinski definition) is 2. The van der Waals surface area contributed by atoms with Crippen molar-refractivity contribution in [2.45, 2.75) is 45.8 Å². The van der Waals surface area contributed by atoms with Gasteiger partial charge >= 0.3 is 6.09 Å². The summed E-state index contributed by atoms with van der Waals surface area (Å²) in [7, 11) is 0. The van der Waals surface area contributed by atoms with Crippen molar-refractivity contribution in [1.82, 2.24) is 10.2 Å². The Kier molecular flexibility index (Phi) is 7.51. The lowest BCUT2D eigenvalue weighted by atomic mass is 9.95. The van der Waals surface area contributed by atoms with Gasteiger partial charge in [0.05, 0.1) is 0 Å². The maximum Gasteiger partial charge on any atom is 0.412 e. The predicted octanol–water partition coefficient (Wildman–Crippen LogP) is 4.20. The standard InChI is InChI=1S/C25H31N3O4/c1-25(2,3)32-24(31)27-21-11-7-10-20(16-21)23(30)28-14-12-19(13-15-28)22(29)26-17-18-8-5-4-6-9-18/h4-11,16,19H,12-15,17H2,1-3H3,(H,26,29)(H,27,31). The third kappa shape index (κ3) is 6.83. The monoisotopic (exact) mass is 437 g/mol. The highest BCUT2D eigenvalue weighted by Gasteiger charge is 2.28. The van der Waals surface area contributed by atoms with Crippen molar-refractivity contribution in [2.75, 3.05) is 18.4 Å². The molecule has 1 fully saturated rings. The molecule has 1 saturated heterocycles. The van der Waals surface area contributed by atoms with Gasteiger partial charge in [0.25, 0.3) is 5.91 Å². The molecule has 7 nitrogen and oxygen atoms in total. The van der Waals surface area contributed by atoms with E-state index in [0.29, 0.717) is 43.7 Å². The van der Waals surface area contributed by atoms with Crippen LogP contribution in [0.5, 0.6) is 0 Å². The highest BCUT2D eigenvalue weighted by molar-refractivity contribution is 5.96. The van der Waals surface area contributed by atoms with Crippen LogP contribution in [0.3, 0.4) is 0 Å². The van der Waals surface area contributed by atoms with Gasteiger partial charge in [-0.2, -0.15) is 0 Å². The van der Waals surface area contributed by atoms with Crippen LogP contribution in [0, 0.1) is 5.92 Å². The van der Waals surface area contributed by atoms with Gasteiger partial charge in [-0.1, -0.05) is 36.4 Å². The van der Waals surface area contributed by atoms with E-state index in [1.807, 2.05) is 30.3 Å². The maximum atomic E-state index is 12.9. The van der Waals surface area contributed by atoms with Crippen LogP contribution in [-0.4, -0.2) is 41.5 Å². The van der Waals surface area contributed by atoms with Crippen LogP contribution in [-0.2, 0) is 16.1 Å². The Morgan fingerprint density at radius 2 is 1.69 bits per heavy atom. The van der Waals surface area contributed by atoms with Crippen LogP contribution >= 0.6 is 0 Å². The summed E-state index contributed by atoms with van der Waals surface area (Å²) in [5.41, 5.74) is 1.45. The van der Waals surface area contributed by atoms with Gasteiger partial charge in [-0.15, -0.1) is 0 Å². The fourth-order valence-corrected chi connectivity index (χ4v) is 3.61. The quantitative estimate of drug-likeness (QED) is 0.734. The van der Waals surface area contributed by atoms with Crippen LogP contribution in [0.2, 0.25) is 0 Å². The van der Waals surface area contributed by atoms with E-state index in [0.717, 1.165) is 5.56 Å². The lowest BCUT2D eigenvalue weighted by Gasteiger charge is -2.31. The number of benzene rings is 2. The molecule has 0 spiro atoms. The summed E-state index contributed by atoms with van der Waals surface area (Å²) in [4.78, 5) is 39.2. The minimum absolute atomic E-state index is 0.0320. The fourth-order valence-electron chi connectivity index (χ4n) is 3.61. The first-order valence-corrected chi connectivity index (χ1v) is 10.9. The van der Waals surface area contributed by atoms with Crippen LogP contribution in [0.1, 0.15) is 49.5 Å². The van der Waals surface area contributed by atoms with E-state index >= 15 is 0 Å². The molecule has 1 aliphatic rings. The molecule has 0 atom stereocenters. The normalized spacial score (nSPS) is 14.5. The van der Waals surface area contributed by atoms with Crippen LogP contribution < -0.4 is 10.6 Å². The molecule has 0 aromatic heterocycles. The second kappa shape index (κ2) is 10.3. The van der Waals surface area contributed by atoms with E-state index < -0.39 is 11.7 Å². The topological polar surface area (TPSA) is 87.7 Å². The van der Waals surface area contributed by atoms with Crippen molar-refractivity contribution < 1.29 is 19.1 Å². The number of likely N-dealkylation sites (tertiary alicyclic amines) is 1. The molecule has 2 aromatic rings. The van der Waals surface area contributed by atoms with Crippen LogP contribution in [0.25, 0.3) is 0 Å². The molecular weight excluding hydrogens is 406 g/mol. The fraction of sp³-hybridized carbons (Fsp3) is 0.400. The number of amides is 3. The Labute approximate surface area is 189 Å². The average Bonchev–Trinajstić information content (AvgIpc) is 2.76. The van der Waals surface area contributed by atoms with E-state index in [2.05, 4.69) is 10.6 Å². The van der Waals surface area contributed by atoms with Crippen molar-refractivity contribution in [3.8, 4) is 0 Å². The number of anilines is 1. The number of nitrogens with one attached hydrogen (secondary N) is 2. The molecule has 0 bridgehead atoms. The second-order valence-electron chi connectivity index (χ2n) is 8.98.